The molecule has 0 aliphatic heterocycles. The Morgan fingerprint density at radius 1 is 1.06 bits per heavy atom. The fourth-order valence-electron chi connectivity index (χ4n) is 1.77. The van der Waals surface area contributed by atoms with E-state index in [1.54, 1.807) is 19.2 Å². The van der Waals surface area contributed by atoms with E-state index in [0.29, 0.717) is 17.7 Å². The molecule has 1 aromatic carbocycles. The van der Waals surface area contributed by atoms with Crippen LogP contribution >= 0.6 is 0 Å². The fourth-order valence-corrected chi connectivity index (χ4v) is 1.77. The average Bonchev–Trinajstić information content (AvgIpc) is 2.27. The van der Waals surface area contributed by atoms with Gasteiger partial charge in [-0.05, 0) is 18.1 Å². The molecule has 0 saturated heterocycles. The molecule has 18 heavy (non-hydrogen) atoms. The van der Waals surface area contributed by atoms with E-state index in [1.165, 1.54) is 6.20 Å². The molecule has 0 saturated carbocycles. The van der Waals surface area contributed by atoms with Crippen LogP contribution in [0.3, 0.4) is 0 Å². The maximum absolute atomic E-state index is 13.6. The molecule has 2 N–H and O–H groups in total. The van der Waals surface area contributed by atoms with Crippen LogP contribution in [0, 0.1) is 24.4 Å². The summed E-state index contributed by atoms with van der Waals surface area (Å²) in [6.45, 7) is 1.79. The van der Waals surface area contributed by atoms with Gasteiger partial charge >= 0.3 is 0 Å². The van der Waals surface area contributed by atoms with Gasteiger partial charge < -0.3 is 5.73 Å². The molecule has 1 heterocycles. The zero-order valence-corrected chi connectivity index (χ0v) is 9.62. The van der Waals surface area contributed by atoms with Crippen molar-refractivity contribution in [1.29, 1.82) is 0 Å². The van der Waals surface area contributed by atoms with Crippen molar-refractivity contribution >= 4 is 0 Å². The highest BCUT2D eigenvalue weighted by Crippen LogP contribution is 2.25. The second-order valence-corrected chi connectivity index (χ2v) is 4.06. The van der Waals surface area contributed by atoms with Gasteiger partial charge in [0.2, 0.25) is 0 Å². The van der Waals surface area contributed by atoms with E-state index in [1.807, 2.05) is 0 Å². The summed E-state index contributed by atoms with van der Waals surface area (Å²) in [6.07, 6.45) is 3.04. The Balaban J connectivity index is 2.49. The normalized spacial score (nSPS) is 12.5. The number of pyridine rings is 1. The van der Waals surface area contributed by atoms with Gasteiger partial charge in [-0.15, -0.1) is 0 Å². The third-order valence-electron chi connectivity index (χ3n) is 2.61. The molecule has 0 radical (unpaired) electrons. The number of nitrogens with two attached hydrogens (primary N) is 1. The Morgan fingerprint density at radius 3 is 2.22 bits per heavy atom. The van der Waals surface area contributed by atoms with Gasteiger partial charge in [0.15, 0.2) is 0 Å². The van der Waals surface area contributed by atoms with Crippen molar-refractivity contribution in [2.45, 2.75) is 13.0 Å². The standard InChI is InChI=1S/C13H11F3N2/c1-7-2-8(6-18-5-7)13(17)12-10(15)3-9(14)4-11(12)16/h2-6,13H,17H2,1H3. The fraction of sp³-hybridized carbons (Fsp3) is 0.154. The molecule has 0 amide bonds. The molecule has 2 aromatic rings. The van der Waals surface area contributed by atoms with Crippen LogP contribution in [-0.2, 0) is 0 Å². The van der Waals surface area contributed by atoms with E-state index in [4.69, 9.17) is 5.73 Å². The maximum atomic E-state index is 13.6. The van der Waals surface area contributed by atoms with E-state index >= 15 is 0 Å². The van der Waals surface area contributed by atoms with Crippen molar-refractivity contribution in [3.05, 3.63) is 64.7 Å². The molecule has 0 aliphatic rings. The van der Waals surface area contributed by atoms with Crippen LogP contribution in [0.25, 0.3) is 0 Å². The Kier molecular flexibility index (Phi) is 3.34. The minimum absolute atomic E-state index is 0.358. The summed E-state index contributed by atoms with van der Waals surface area (Å²) in [7, 11) is 0. The highest BCUT2D eigenvalue weighted by molar-refractivity contribution is 5.33. The third-order valence-corrected chi connectivity index (χ3v) is 2.61. The first-order valence-electron chi connectivity index (χ1n) is 5.30. The third kappa shape index (κ3) is 2.36. The molecule has 94 valence electrons. The van der Waals surface area contributed by atoms with E-state index in [9.17, 15) is 13.2 Å². The molecule has 5 heteroatoms. The highest BCUT2D eigenvalue weighted by Gasteiger charge is 2.20. The van der Waals surface area contributed by atoms with Crippen LogP contribution in [0.15, 0.2) is 30.6 Å². The van der Waals surface area contributed by atoms with Crippen LogP contribution in [0.5, 0.6) is 0 Å². The van der Waals surface area contributed by atoms with Crippen LogP contribution in [0.2, 0.25) is 0 Å². The smallest absolute Gasteiger partial charge is 0.134 e. The molecular formula is C13H11F3N2. The second kappa shape index (κ2) is 4.78. The van der Waals surface area contributed by atoms with Crippen molar-refractivity contribution in [2.75, 3.05) is 0 Å². The lowest BCUT2D eigenvalue weighted by atomic mass is 9.99. The lowest BCUT2D eigenvalue weighted by molar-refractivity contribution is 0.515. The topological polar surface area (TPSA) is 38.9 Å². The SMILES string of the molecule is Cc1cncc(C(N)c2c(F)cc(F)cc2F)c1. The zero-order chi connectivity index (χ0) is 13.3. The summed E-state index contributed by atoms with van der Waals surface area (Å²) in [5.41, 5.74) is 6.73. The monoisotopic (exact) mass is 252 g/mol. The molecule has 1 unspecified atom stereocenters. The molecule has 0 fully saturated rings. The number of halogens is 3. The molecule has 1 atom stereocenters. The van der Waals surface area contributed by atoms with Gasteiger partial charge in [0.05, 0.1) is 6.04 Å². The van der Waals surface area contributed by atoms with Crippen molar-refractivity contribution in [3.8, 4) is 0 Å². The quantitative estimate of drug-likeness (QED) is 0.892. The first-order chi connectivity index (χ1) is 8.49. The Labute approximate surface area is 102 Å². The zero-order valence-electron chi connectivity index (χ0n) is 9.62. The number of aryl methyl sites for hydroxylation is 1. The van der Waals surface area contributed by atoms with Gasteiger partial charge in [-0.2, -0.15) is 0 Å². The summed E-state index contributed by atoms with van der Waals surface area (Å²) >= 11 is 0. The summed E-state index contributed by atoms with van der Waals surface area (Å²) < 4.78 is 39.9. The molecule has 0 bridgehead atoms. The number of rotatable bonds is 2. The summed E-state index contributed by atoms with van der Waals surface area (Å²) in [5.74, 6) is -2.97. The van der Waals surface area contributed by atoms with Crippen molar-refractivity contribution in [2.24, 2.45) is 5.73 Å². The highest BCUT2D eigenvalue weighted by atomic mass is 19.1. The lowest BCUT2D eigenvalue weighted by Crippen LogP contribution is -2.16. The molecular weight excluding hydrogens is 241 g/mol. The van der Waals surface area contributed by atoms with Crippen LogP contribution < -0.4 is 5.73 Å². The lowest BCUT2D eigenvalue weighted by Gasteiger charge is -2.14. The minimum atomic E-state index is -1.02. The molecule has 0 spiro atoms. The van der Waals surface area contributed by atoms with E-state index < -0.39 is 23.5 Å². The van der Waals surface area contributed by atoms with Crippen molar-refractivity contribution < 1.29 is 13.2 Å². The number of hydrogen-bond donors (Lipinski definition) is 1. The molecule has 1 aromatic heterocycles. The predicted molar refractivity (Wildman–Crippen MR) is 61.3 cm³/mol. The maximum Gasteiger partial charge on any atom is 0.134 e. The molecule has 0 aliphatic carbocycles. The average molecular weight is 252 g/mol. The van der Waals surface area contributed by atoms with E-state index in [0.717, 1.165) is 5.56 Å². The Bertz CT molecular complexity index is 561. The van der Waals surface area contributed by atoms with Crippen molar-refractivity contribution in [3.63, 3.8) is 0 Å². The Hall–Kier alpha value is -1.88. The van der Waals surface area contributed by atoms with Gasteiger partial charge in [0.1, 0.15) is 17.5 Å². The number of hydrogen-bond acceptors (Lipinski definition) is 2. The van der Waals surface area contributed by atoms with Gasteiger partial charge in [0, 0.05) is 30.1 Å². The van der Waals surface area contributed by atoms with Crippen molar-refractivity contribution in [1.82, 2.24) is 4.98 Å². The number of benzene rings is 1. The first-order valence-corrected chi connectivity index (χ1v) is 5.30. The summed E-state index contributed by atoms with van der Waals surface area (Å²) in [6, 6.07) is 1.89. The summed E-state index contributed by atoms with van der Waals surface area (Å²) in [4.78, 5) is 3.91. The first kappa shape index (κ1) is 12.6. The van der Waals surface area contributed by atoms with Gasteiger partial charge in [-0.1, -0.05) is 6.07 Å². The number of aromatic nitrogens is 1. The predicted octanol–water partition coefficient (Wildman–Crippen LogP) is 2.86. The van der Waals surface area contributed by atoms with E-state index in [2.05, 4.69) is 4.98 Å². The van der Waals surface area contributed by atoms with Crippen LogP contribution in [0.1, 0.15) is 22.7 Å². The second-order valence-electron chi connectivity index (χ2n) is 4.06. The largest absolute Gasteiger partial charge is 0.320 e. The van der Waals surface area contributed by atoms with Gasteiger partial charge in [-0.25, -0.2) is 13.2 Å². The molecule has 2 nitrogen and oxygen atoms in total. The molecule has 2 rings (SSSR count). The Morgan fingerprint density at radius 2 is 1.67 bits per heavy atom. The van der Waals surface area contributed by atoms with Gasteiger partial charge in [0.25, 0.3) is 0 Å². The van der Waals surface area contributed by atoms with Gasteiger partial charge in [-0.3, -0.25) is 4.98 Å². The van der Waals surface area contributed by atoms with E-state index in [-0.39, 0.29) is 5.56 Å². The summed E-state index contributed by atoms with van der Waals surface area (Å²) in [5, 5.41) is 0. The minimum Gasteiger partial charge on any atom is -0.320 e. The van der Waals surface area contributed by atoms with Crippen LogP contribution in [-0.4, -0.2) is 4.98 Å². The van der Waals surface area contributed by atoms with Crippen LogP contribution in [0.4, 0.5) is 13.2 Å². The number of nitrogens with zero attached hydrogens (tertiary/aromatic N) is 1.